The van der Waals surface area contributed by atoms with Gasteiger partial charge in [0.15, 0.2) is 13.2 Å². The van der Waals surface area contributed by atoms with Crippen LogP contribution < -0.4 is 15.1 Å². The summed E-state index contributed by atoms with van der Waals surface area (Å²) in [6.45, 7) is 3.64. The van der Waals surface area contributed by atoms with E-state index in [9.17, 15) is 14.4 Å². The van der Waals surface area contributed by atoms with Gasteiger partial charge in [-0.3, -0.25) is 14.4 Å². The number of nitrogens with one attached hydrogen (secondary N) is 2. The molecule has 1 aliphatic carbocycles. The van der Waals surface area contributed by atoms with Crippen molar-refractivity contribution in [3.8, 4) is 0 Å². The van der Waals surface area contributed by atoms with Crippen LogP contribution in [-0.4, -0.2) is 69.2 Å². The van der Waals surface area contributed by atoms with Crippen molar-refractivity contribution in [1.29, 1.82) is 0 Å². The van der Waals surface area contributed by atoms with Crippen molar-refractivity contribution in [2.24, 2.45) is 11.8 Å². The fourth-order valence-electron chi connectivity index (χ4n) is 4.77. The molecule has 1 saturated carbocycles. The maximum absolute atomic E-state index is 12.6. The molecule has 0 bridgehead atoms. The van der Waals surface area contributed by atoms with Crippen LogP contribution in [0.5, 0.6) is 0 Å². The number of hydrogen-bond donors (Lipinski definition) is 2. The van der Waals surface area contributed by atoms with E-state index in [0.717, 1.165) is 68.3 Å². The van der Waals surface area contributed by atoms with E-state index in [2.05, 4.69) is 10.2 Å². The number of fused-ring (bicyclic) bond motifs is 1. The van der Waals surface area contributed by atoms with Crippen molar-refractivity contribution < 1.29 is 24.0 Å². The predicted molar refractivity (Wildman–Crippen MR) is 112 cm³/mol. The Balaban J connectivity index is 1.27. The number of benzene rings is 1. The molecule has 3 fully saturated rings. The molecule has 1 aromatic rings. The van der Waals surface area contributed by atoms with Crippen molar-refractivity contribution in [3.05, 3.63) is 24.3 Å². The van der Waals surface area contributed by atoms with E-state index in [1.807, 2.05) is 31.3 Å². The second-order valence-corrected chi connectivity index (χ2v) is 8.59. The van der Waals surface area contributed by atoms with Gasteiger partial charge in [0.25, 0.3) is 5.91 Å². The third-order valence-electron chi connectivity index (χ3n) is 6.35. The second-order valence-electron chi connectivity index (χ2n) is 8.59. The van der Waals surface area contributed by atoms with E-state index in [1.165, 1.54) is 4.90 Å². The highest BCUT2D eigenvalue weighted by Crippen LogP contribution is 2.37. The number of likely N-dealkylation sites (tertiary alicyclic amines) is 1. The summed E-state index contributed by atoms with van der Waals surface area (Å²) in [4.78, 5) is 42.1. The van der Waals surface area contributed by atoms with E-state index in [4.69, 9.17) is 4.74 Å². The van der Waals surface area contributed by atoms with Crippen molar-refractivity contribution >= 4 is 29.1 Å². The largest absolute Gasteiger partial charge is 0.378 e. The van der Waals surface area contributed by atoms with Crippen LogP contribution in [0.3, 0.4) is 0 Å². The summed E-state index contributed by atoms with van der Waals surface area (Å²) >= 11 is 0. The molecule has 1 unspecified atom stereocenters. The van der Waals surface area contributed by atoms with Gasteiger partial charge in [0.1, 0.15) is 0 Å². The molecule has 30 heavy (non-hydrogen) atoms. The number of anilines is 2. The van der Waals surface area contributed by atoms with Crippen LogP contribution in [-0.2, 0) is 19.1 Å². The summed E-state index contributed by atoms with van der Waals surface area (Å²) in [6.07, 6.45) is 3.66. The van der Waals surface area contributed by atoms with Gasteiger partial charge in [0.05, 0.1) is 32.1 Å². The lowest BCUT2D eigenvalue weighted by molar-refractivity contribution is -0.878. The number of amides is 3. The molecule has 2 N–H and O–H groups in total. The minimum Gasteiger partial charge on any atom is -0.378 e. The molecule has 2 saturated heterocycles. The molecule has 0 spiro atoms. The smallest absolute Gasteiger partial charge is 0.279 e. The van der Waals surface area contributed by atoms with E-state index >= 15 is 0 Å². The van der Waals surface area contributed by atoms with Crippen molar-refractivity contribution in [2.45, 2.75) is 25.7 Å². The Labute approximate surface area is 177 Å². The monoisotopic (exact) mass is 415 g/mol. The highest BCUT2D eigenvalue weighted by Gasteiger charge is 2.49. The highest BCUT2D eigenvalue weighted by molar-refractivity contribution is 6.05. The number of quaternary nitrogens is 1. The lowest BCUT2D eigenvalue weighted by atomic mass is 9.81. The molecule has 3 amide bonds. The number of hydrogen-bond acceptors (Lipinski definition) is 5. The molecular formula is C22H31N4O4+. The number of rotatable bonds is 6. The Morgan fingerprint density at radius 3 is 2.27 bits per heavy atom. The number of ether oxygens (including phenoxy) is 1. The second kappa shape index (κ2) is 9.14. The molecule has 162 valence electrons. The van der Waals surface area contributed by atoms with Crippen LogP contribution in [0.1, 0.15) is 25.7 Å². The van der Waals surface area contributed by atoms with Crippen molar-refractivity contribution in [1.82, 2.24) is 4.90 Å². The van der Waals surface area contributed by atoms with Gasteiger partial charge in [-0.25, -0.2) is 4.90 Å². The molecule has 0 radical (unpaired) electrons. The zero-order valence-corrected chi connectivity index (χ0v) is 17.6. The fourth-order valence-corrected chi connectivity index (χ4v) is 4.77. The average molecular weight is 416 g/mol. The van der Waals surface area contributed by atoms with Gasteiger partial charge in [-0.15, -0.1) is 0 Å². The molecule has 8 nitrogen and oxygen atoms in total. The minimum absolute atomic E-state index is 0.0526. The first kappa shape index (κ1) is 20.8. The first-order chi connectivity index (χ1) is 14.5. The molecule has 2 heterocycles. The van der Waals surface area contributed by atoms with E-state index in [-0.39, 0.29) is 42.8 Å². The molecular weight excluding hydrogens is 384 g/mol. The van der Waals surface area contributed by atoms with E-state index in [0.29, 0.717) is 0 Å². The fraction of sp³-hybridized carbons (Fsp3) is 0.591. The Kier molecular flexibility index (Phi) is 6.34. The SMILES string of the molecule is C[NH+](CC(=O)Nc1ccc(N2CCOCC2)cc1)CN1C(=O)[C@H]2CCCC[C@H]2C1=O. The predicted octanol–water partition coefficient (Wildman–Crippen LogP) is 0.109. The van der Waals surface area contributed by atoms with Gasteiger partial charge < -0.3 is 19.9 Å². The Hall–Kier alpha value is -2.45. The maximum atomic E-state index is 12.6. The van der Waals surface area contributed by atoms with Gasteiger partial charge in [0, 0.05) is 24.5 Å². The van der Waals surface area contributed by atoms with E-state index < -0.39 is 0 Å². The summed E-state index contributed by atoms with van der Waals surface area (Å²) in [7, 11) is 1.84. The van der Waals surface area contributed by atoms with Crippen LogP contribution >= 0.6 is 0 Å². The normalized spacial score (nSPS) is 25.2. The number of imide groups is 1. The van der Waals surface area contributed by atoms with Crippen molar-refractivity contribution in [3.63, 3.8) is 0 Å². The molecule has 3 aliphatic rings. The lowest BCUT2D eigenvalue weighted by Crippen LogP contribution is -3.11. The lowest BCUT2D eigenvalue weighted by Gasteiger charge is -2.28. The minimum atomic E-state index is -0.141. The van der Waals surface area contributed by atoms with Gasteiger partial charge in [-0.1, -0.05) is 12.8 Å². The third-order valence-corrected chi connectivity index (χ3v) is 6.35. The number of morpholine rings is 1. The first-order valence-electron chi connectivity index (χ1n) is 10.9. The summed E-state index contributed by atoms with van der Waals surface area (Å²) in [6, 6.07) is 7.80. The number of likely N-dealkylation sites (N-methyl/N-ethyl adjacent to an activating group) is 1. The molecule has 2 aliphatic heterocycles. The molecule has 4 rings (SSSR count). The topological polar surface area (TPSA) is 83.4 Å². The quantitative estimate of drug-likeness (QED) is 0.645. The molecule has 1 aromatic carbocycles. The molecule has 3 atom stereocenters. The Morgan fingerprint density at radius 1 is 1.07 bits per heavy atom. The van der Waals surface area contributed by atoms with Gasteiger partial charge in [0.2, 0.25) is 11.8 Å². The van der Waals surface area contributed by atoms with Crippen LogP contribution in [0, 0.1) is 11.8 Å². The zero-order chi connectivity index (χ0) is 21.1. The van der Waals surface area contributed by atoms with Gasteiger partial charge in [-0.05, 0) is 37.1 Å². The maximum Gasteiger partial charge on any atom is 0.279 e. The Morgan fingerprint density at radius 2 is 1.67 bits per heavy atom. The first-order valence-corrected chi connectivity index (χ1v) is 10.9. The summed E-state index contributed by atoms with van der Waals surface area (Å²) in [5, 5.41) is 2.91. The number of nitrogens with zero attached hydrogens (tertiary/aromatic N) is 2. The van der Waals surface area contributed by atoms with Crippen LogP contribution in [0.25, 0.3) is 0 Å². The van der Waals surface area contributed by atoms with Crippen LogP contribution in [0.15, 0.2) is 24.3 Å². The summed E-state index contributed by atoms with van der Waals surface area (Å²) in [5.74, 6) is -0.523. The third kappa shape index (κ3) is 4.49. The summed E-state index contributed by atoms with van der Waals surface area (Å²) < 4.78 is 5.38. The summed E-state index contributed by atoms with van der Waals surface area (Å²) in [5.41, 5.74) is 1.86. The van der Waals surface area contributed by atoms with Crippen LogP contribution in [0.2, 0.25) is 0 Å². The zero-order valence-electron chi connectivity index (χ0n) is 17.6. The van der Waals surface area contributed by atoms with Gasteiger partial charge in [-0.2, -0.15) is 0 Å². The standard InChI is InChI=1S/C22H30N4O4/c1-24(15-26-21(28)18-4-2-3-5-19(18)22(26)29)14-20(27)23-16-6-8-17(9-7-16)25-10-12-30-13-11-25/h6-9,18-19H,2-5,10-15H2,1H3,(H,23,27)/p+1/t18-,19+. The average Bonchev–Trinajstić information content (AvgIpc) is 3.00. The van der Waals surface area contributed by atoms with Crippen LogP contribution in [0.4, 0.5) is 11.4 Å². The molecule has 0 aromatic heterocycles. The number of carbonyl (C=O) groups is 3. The Bertz CT molecular complexity index is 767. The van der Waals surface area contributed by atoms with Gasteiger partial charge >= 0.3 is 0 Å². The number of carbonyl (C=O) groups excluding carboxylic acids is 3. The highest BCUT2D eigenvalue weighted by atomic mass is 16.5. The van der Waals surface area contributed by atoms with Crippen molar-refractivity contribution in [2.75, 3.05) is 56.8 Å². The molecule has 8 heteroatoms. The van der Waals surface area contributed by atoms with E-state index in [1.54, 1.807) is 0 Å².